The molecule has 2 fully saturated rings. The molecule has 1 aromatic carbocycles. The molecule has 1 N–H and O–H groups in total. The second-order valence-electron chi connectivity index (χ2n) is 6.01. The molecule has 102 valence electrons. The molecule has 0 aromatic heterocycles. The summed E-state index contributed by atoms with van der Waals surface area (Å²) in [4.78, 5) is 14.8. The van der Waals surface area contributed by atoms with Gasteiger partial charge in [-0.1, -0.05) is 26.0 Å². The fourth-order valence-electron chi connectivity index (χ4n) is 3.51. The largest absolute Gasteiger partial charge is 0.315 e. The molecule has 0 radical (unpaired) electrons. The Hall–Kier alpha value is -0.870. The molecule has 2 heterocycles. The van der Waals surface area contributed by atoms with Gasteiger partial charge in [0.15, 0.2) is 0 Å². The molecular weight excluding hydrogens is 304 g/mol. The standard InChI is InChI=1S/C15H19BrN2O/c1-15(2)10-7-8-17-9-13(10)18(14(15)19)12-6-4-3-5-11(12)16/h3-6,10,13,17H,7-9H2,1-2H3. The first kappa shape index (κ1) is 13.1. The van der Waals surface area contributed by atoms with E-state index in [0.29, 0.717) is 5.92 Å². The Bertz CT molecular complexity index is 515. The maximum Gasteiger partial charge on any atom is 0.233 e. The normalized spacial score (nSPS) is 29.4. The van der Waals surface area contributed by atoms with Crippen LogP contribution in [0.25, 0.3) is 0 Å². The van der Waals surface area contributed by atoms with Crippen molar-refractivity contribution in [1.82, 2.24) is 5.32 Å². The zero-order valence-corrected chi connectivity index (χ0v) is 12.9. The summed E-state index contributed by atoms with van der Waals surface area (Å²) in [5.74, 6) is 0.687. The molecule has 2 aliphatic rings. The van der Waals surface area contributed by atoms with E-state index < -0.39 is 0 Å². The van der Waals surface area contributed by atoms with Gasteiger partial charge < -0.3 is 10.2 Å². The summed E-state index contributed by atoms with van der Waals surface area (Å²) < 4.78 is 0.991. The maximum atomic E-state index is 12.8. The van der Waals surface area contributed by atoms with E-state index in [1.165, 1.54) is 0 Å². The topological polar surface area (TPSA) is 32.3 Å². The SMILES string of the molecule is CC1(C)C(=O)N(c2ccccc2Br)C2CNCCC21. The van der Waals surface area contributed by atoms with Crippen LogP contribution in [0, 0.1) is 11.3 Å². The third-order valence-electron chi connectivity index (χ3n) is 4.59. The number of carbonyl (C=O) groups excluding carboxylic acids is 1. The Morgan fingerprint density at radius 2 is 2.11 bits per heavy atom. The van der Waals surface area contributed by atoms with Gasteiger partial charge in [0.05, 0.1) is 11.7 Å². The van der Waals surface area contributed by atoms with Gasteiger partial charge in [-0.2, -0.15) is 0 Å². The molecule has 2 saturated heterocycles. The minimum absolute atomic E-state index is 0.248. The van der Waals surface area contributed by atoms with E-state index in [9.17, 15) is 4.79 Å². The summed E-state index contributed by atoms with van der Waals surface area (Å²) in [7, 11) is 0. The molecule has 2 aliphatic heterocycles. The van der Waals surface area contributed by atoms with Gasteiger partial charge in [0.1, 0.15) is 0 Å². The Labute approximate surface area is 122 Å². The monoisotopic (exact) mass is 322 g/mol. The van der Waals surface area contributed by atoms with Gasteiger partial charge in [-0.3, -0.25) is 4.79 Å². The van der Waals surface area contributed by atoms with Crippen LogP contribution in [0.3, 0.4) is 0 Å². The van der Waals surface area contributed by atoms with Crippen molar-refractivity contribution in [2.45, 2.75) is 26.3 Å². The maximum absolute atomic E-state index is 12.8. The van der Waals surface area contributed by atoms with Gasteiger partial charge in [-0.05, 0) is 46.9 Å². The number of benzene rings is 1. The van der Waals surface area contributed by atoms with Crippen molar-refractivity contribution in [2.24, 2.45) is 11.3 Å². The summed E-state index contributed by atoms with van der Waals surface area (Å²) >= 11 is 3.57. The van der Waals surface area contributed by atoms with Crippen molar-refractivity contribution in [3.63, 3.8) is 0 Å². The molecule has 1 amide bonds. The summed E-state index contributed by atoms with van der Waals surface area (Å²) in [6.45, 7) is 6.09. The number of hydrogen-bond acceptors (Lipinski definition) is 2. The molecule has 4 heteroatoms. The number of carbonyl (C=O) groups is 1. The van der Waals surface area contributed by atoms with Crippen LogP contribution in [0.5, 0.6) is 0 Å². The third-order valence-corrected chi connectivity index (χ3v) is 5.26. The average molecular weight is 323 g/mol. The Morgan fingerprint density at radius 3 is 2.84 bits per heavy atom. The van der Waals surface area contributed by atoms with Crippen molar-refractivity contribution in [1.29, 1.82) is 0 Å². The Morgan fingerprint density at radius 1 is 1.37 bits per heavy atom. The van der Waals surface area contributed by atoms with Gasteiger partial charge in [-0.15, -0.1) is 0 Å². The summed E-state index contributed by atoms with van der Waals surface area (Å²) in [6.07, 6.45) is 1.07. The lowest BCUT2D eigenvalue weighted by atomic mass is 9.75. The fourth-order valence-corrected chi connectivity index (χ4v) is 3.99. The van der Waals surface area contributed by atoms with Crippen LogP contribution in [0.4, 0.5) is 5.69 Å². The first-order chi connectivity index (χ1) is 9.03. The van der Waals surface area contributed by atoms with Crippen LogP contribution < -0.4 is 10.2 Å². The summed E-state index contributed by atoms with van der Waals surface area (Å²) in [6, 6.07) is 8.27. The van der Waals surface area contributed by atoms with Crippen molar-refractivity contribution in [2.75, 3.05) is 18.0 Å². The molecule has 1 aromatic rings. The quantitative estimate of drug-likeness (QED) is 0.862. The number of amides is 1. The zero-order valence-electron chi connectivity index (χ0n) is 11.3. The Kier molecular flexibility index (Phi) is 3.18. The number of piperidine rings is 1. The van der Waals surface area contributed by atoms with E-state index in [2.05, 4.69) is 35.1 Å². The van der Waals surface area contributed by atoms with Crippen molar-refractivity contribution < 1.29 is 4.79 Å². The van der Waals surface area contributed by atoms with Crippen molar-refractivity contribution in [3.8, 4) is 0 Å². The number of nitrogens with one attached hydrogen (secondary N) is 1. The van der Waals surface area contributed by atoms with Crippen LogP contribution in [-0.2, 0) is 4.79 Å². The van der Waals surface area contributed by atoms with Crippen LogP contribution in [0.1, 0.15) is 20.3 Å². The minimum atomic E-state index is -0.262. The van der Waals surface area contributed by atoms with Gasteiger partial charge in [0.25, 0.3) is 0 Å². The van der Waals surface area contributed by atoms with Gasteiger partial charge in [-0.25, -0.2) is 0 Å². The van der Waals surface area contributed by atoms with E-state index in [1.807, 2.05) is 29.2 Å². The highest BCUT2D eigenvalue weighted by atomic mass is 79.9. The molecule has 2 unspecified atom stereocenters. The molecular formula is C15H19BrN2O. The first-order valence-electron chi connectivity index (χ1n) is 6.82. The number of halogens is 1. The summed E-state index contributed by atoms with van der Waals surface area (Å²) in [5, 5.41) is 3.42. The highest BCUT2D eigenvalue weighted by Crippen LogP contribution is 2.47. The van der Waals surface area contributed by atoms with Gasteiger partial charge >= 0.3 is 0 Å². The van der Waals surface area contributed by atoms with Crippen molar-refractivity contribution >= 4 is 27.5 Å². The minimum Gasteiger partial charge on any atom is -0.315 e. The Balaban J connectivity index is 2.06. The fraction of sp³-hybridized carbons (Fsp3) is 0.533. The number of hydrogen-bond donors (Lipinski definition) is 1. The molecule has 0 bridgehead atoms. The van der Waals surface area contributed by atoms with Crippen LogP contribution in [0.15, 0.2) is 28.7 Å². The van der Waals surface area contributed by atoms with E-state index in [1.54, 1.807) is 0 Å². The van der Waals surface area contributed by atoms with E-state index >= 15 is 0 Å². The molecule has 3 rings (SSSR count). The predicted molar refractivity (Wildman–Crippen MR) is 80.2 cm³/mol. The molecule has 0 spiro atoms. The molecule has 0 aliphatic carbocycles. The number of rotatable bonds is 1. The van der Waals surface area contributed by atoms with E-state index in [-0.39, 0.29) is 17.4 Å². The predicted octanol–water partition coefficient (Wildman–Crippen LogP) is 2.80. The first-order valence-corrected chi connectivity index (χ1v) is 7.61. The second-order valence-corrected chi connectivity index (χ2v) is 6.87. The zero-order chi connectivity index (χ0) is 13.6. The number of fused-ring (bicyclic) bond motifs is 1. The second kappa shape index (κ2) is 4.60. The lowest BCUT2D eigenvalue weighted by Gasteiger charge is -2.34. The van der Waals surface area contributed by atoms with Gasteiger partial charge in [0.2, 0.25) is 5.91 Å². The van der Waals surface area contributed by atoms with Crippen LogP contribution in [-0.4, -0.2) is 25.0 Å². The highest BCUT2D eigenvalue weighted by Gasteiger charge is 2.54. The number of para-hydroxylation sites is 1. The molecule has 19 heavy (non-hydrogen) atoms. The number of anilines is 1. The van der Waals surface area contributed by atoms with Crippen molar-refractivity contribution in [3.05, 3.63) is 28.7 Å². The van der Waals surface area contributed by atoms with Crippen LogP contribution >= 0.6 is 15.9 Å². The third kappa shape index (κ3) is 1.93. The van der Waals surface area contributed by atoms with E-state index in [4.69, 9.17) is 0 Å². The lowest BCUT2D eigenvalue weighted by Crippen LogP contribution is -2.47. The van der Waals surface area contributed by atoms with E-state index in [0.717, 1.165) is 29.7 Å². The lowest BCUT2D eigenvalue weighted by molar-refractivity contribution is -0.125. The molecule has 2 atom stereocenters. The summed E-state index contributed by atoms with van der Waals surface area (Å²) in [5.41, 5.74) is 0.735. The highest BCUT2D eigenvalue weighted by molar-refractivity contribution is 9.10. The number of nitrogens with zero attached hydrogens (tertiary/aromatic N) is 1. The smallest absolute Gasteiger partial charge is 0.233 e. The molecule has 0 saturated carbocycles. The van der Waals surface area contributed by atoms with Crippen LogP contribution in [0.2, 0.25) is 0 Å². The average Bonchev–Trinajstić information content (AvgIpc) is 2.60. The molecule has 3 nitrogen and oxygen atoms in total. The van der Waals surface area contributed by atoms with Gasteiger partial charge in [0, 0.05) is 16.4 Å².